The van der Waals surface area contributed by atoms with Gasteiger partial charge in [0.15, 0.2) is 0 Å². The smallest absolute Gasteiger partial charge is 0.256 e. The number of alkyl halides is 2. The lowest BCUT2D eigenvalue weighted by Crippen LogP contribution is -2.58. The molecule has 1 heterocycles. The van der Waals surface area contributed by atoms with Gasteiger partial charge in [-0.05, 0) is 0 Å². The maximum atomic E-state index is 9.60. The van der Waals surface area contributed by atoms with E-state index in [1.807, 2.05) is 0 Å². The van der Waals surface area contributed by atoms with E-state index >= 15 is 0 Å². The number of rotatable bonds is 5. The highest BCUT2D eigenvalue weighted by Crippen LogP contribution is 2.22. The first-order valence-electron chi connectivity index (χ1n) is 5.19. The van der Waals surface area contributed by atoms with Crippen molar-refractivity contribution in [2.45, 2.75) is 30.7 Å². The molecule has 1 aliphatic rings. The summed E-state index contributed by atoms with van der Waals surface area (Å²) in [4.78, 5) is 4.85. The van der Waals surface area contributed by atoms with Crippen LogP contribution < -0.4 is 0 Å². The second kappa shape index (κ2) is 7.44. The Bertz CT molecular complexity index is 284. The molecule has 9 heteroatoms. The van der Waals surface area contributed by atoms with Crippen molar-refractivity contribution < 1.29 is 30.0 Å². The largest absolute Gasteiger partial charge is 0.394 e. The number of hydrogen-bond donors (Lipinski definition) is 4. The van der Waals surface area contributed by atoms with Crippen molar-refractivity contribution >= 4 is 28.9 Å². The van der Waals surface area contributed by atoms with Gasteiger partial charge in [0.05, 0.1) is 24.1 Å². The standard InChI is InChI=1S/C9H15Cl2NO6/c10-1-4(2-11)12-18-9-8(16)7(15)6(14)5(3-13)17-9/h5-9,13-16H,1-3H2/t5-,6+,7+,8-,9-/m1/s1. The van der Waals surface area contributed by atoms with Crippen LogP contribution in [0.15, 0.2) is 5.16 Å². The summed E-state index contributed by atoms with van der Waals surface area (Å²) in [7, 11) is 0. The molecule has 0 unspecified atom stereocenters. The average molecular weight is 304 g/mol. The molecule has 5 atom stereocenters. The number of halogens is 2. The third-order valence-corrected chi connectivity index (χ3v) is 3.06. The first-order chi connectivity index (χ1) is 8.54. The molecule has 1 fully saturated rings. The van der Waals surface area contributed by atoms with Crippen LogP contribution in [-0.4, -0.2) is 75.2 Å². The Morgan fingerprint density at radius 1 is 1.11 bits per heavy atom. The van der Waals surface area contributed by atoms with E-state index < -0.39 is 37.3 Å². The van der Waals surface area contributed by atoms with Crippen LogP contribution >= 0.6 is 23.2 Å². The number of aliphatic hydroxyl groups excluding tert-OH is 4. The molecule has 18 heavy (non-hydrogen) atoms. The zero-order valence-corrected chi connectivity index (χ0v) is 10.8. The summed E-state index contributed by atoms with van der Waals surface area (Å²) in [6.45, 7) is -0.535. The van der Waals surface area contributed by atoms with Crippen molar-refractivity contribution in [2.75, 3.05) is 18.4 Å². The van der Waals surface area contributed by atoms with E-state index in [4.69, 9.17) is 37.9 Å². The number of nitrogens with zero attached hydrogens (tertiary/aromatic N) is 1. The summed E-state index contributed by atoms with van der Waals surface area (Å²) in [6, 6.07) is 0. The number of aliphatic hydroxyl groups is 4. The molecular formula is C9H15Cl2NO6. The van der Waals surface area contributed by atoms with Crippen molar-refractivity contribution in [3.8, 4) is 0 Å². The van der Waals surface area contributed by atoms with Crippen LogP contribution in [-0.2, 0) is 9.57 Å². The van der Waals surface area contributed by atoms with E-state index in [1.54, 1.807) is 0 Å². The number of ether oxygens (including phenoxy) is 1. The molecule has 106 valence electrons. The lowest BCUT2D eigenvalue weighted by molar-refractivity contribution is -0.301. The molecule has 0 aliphatic carbocycles. The van der Waals surface area contributed by atoms with Crippen molar-refractivity contribution in [3.05, 3.63) is 0 Å². The van der Waals surface area contributed by atoms with E-state index in [1.165, 1.54) is 0 Å². The van der Waals surface area contributed by atoms with Crippen molar-refractivity contribution in [1.82, 2.24) is 0 Å². The number of oxime groups is 1. The van der Waals surface area contributed by atoms with Crippen LogP contribution in [0.2, 0.25) is 0 Å². The van der Waals surface area contributed by atoms with Gasteiger partial charge in [-0.15, -0.1) is 23.2 Å². The maximum Gasteiger partial charge on any atom is 0.256 e. The minimum Gasteiger partial charge on any atom is -0.394 e. The van der Waals surface area contributed by atoms with Gasteiger partial charge in [0.25, 0.3) is 6.29 Å². The number of hydrogen-bond acceptors (Lipinski definition) is 7. The third kappa shape index (κ3) is 3.67. The molecular weight excluding hydrogens is 289 g/mol. The zero-order chi connectivity index (χ0) is 13.7. The average Bonchev–Trinajstić information content (AvgIpc) is 2.39. The van der Waals surface area contributed by atoms with E-state index in [0.717, 1.165) is 0 Å². The Morgan fingerprint density at radius 3 is 2.22 bits per heavy atom. The van der Waals surface area contributed by atoms with Gasteiger partial charge in [0.2, 0.25) is 0 Å². The monoisotopic (exact) mass is 303 g/mol. The van der Waals surface area contributed by atoms with Crippen LogP contribution in [0.25, 0.3) is 0 Å². The predicted molar refractivity (Wildman–Crippen MR) is 63.7 cm³/mol. The molecule has 4 N–H and O–H groups in total. The third-order valence-electron chi connectivity index (χ3n) is 2.44. The molecule has 1 rings (SSSR count). The van der Waals surface area contributed by atoms with E-state index in [0.29, 0.717) is 5.71 Å². The van der Waals surface area contributed by atoms with E-state index in [9.17, 15) is 15.3 Å². The maximum absolute atomic E-state index is 9.60. The fraction of sp³-hybridized carbons (Fsp3) is 0.889. The lowest BCUT2D eigenvalue weighted by atomic mass is 9.99. The summed E-state index contributed by atoms with van der Waals surface area (Å²) in [5.41, 5.74) is 0.315. The van der Waals surface area contributed by atoms with Gasteiger partial charge in [0.1, 0.15) is 24.4 Å². The Morgan fingerprint density at radius 2 is 1.72 bits per heavy atom. The molecule has 1 saturated heterocycles. The van der Waals surface area contributed by atoms with E-state index in [2.05, 4.69) is 5.16 Å². The summed E-state index contributed by atoms with van der Waals surface area (Å²) in [5.74, 6) is 0.0852. The quantitative estimate of drug-likeness (QED) is 0.283. The van der Waals surface area contributed by atoms with Crippen LogP contribution in [0, 0.1) is 0 Å². The first kappa shape index (κ1) is 15.9. The van der Waals surface area contributed by atoms with Crippen LogP contribution in [0.4, 0.5) is 0 Å². The van der Waals surface area contributed by atoms with Crippen LogP contribution in [0.1, 0.15) is 0 Å². The Balaban J connectivity index is 2.67. The van der Waals surface area contributed by atoms with Crippen molar-refractivity contribution in [3.63, 3.8) is 0 Å². The summed E-state index contributed by atoms with van der Waals surface area (Å²) < 4.78 is 5.04. The van der Waals surface area contributed by atoms with Crippen molar-refractivity contribution in [1.29, 1.82) is 0 Å². The van der Waals surface area contributed by atoms with Gasteiger partial charge >= 0.3 is 0 Å². The Labute approximate surface area is 114 Å². The second-order valence-electron chi connectivity index (χ2n) is 3.73. The Kier molecular flexibility index (Phi) is 6.58. The molecule has 0 saturated carbocycles. The van der Waals surface area contributed by atoms with E-state index in [-0.39, 0.29) is 11.8 Å². The summed E-state index contributed by atoms with van der Waals surface area (Å²) in [6.07, 6.45) is -6.81. The zero-order valence-electron chi connectivity index (χ0n) is 9.32. The molecule has 0 radical (unpaired) electrons. The molecule has 0 amide bonds. The molecule has 0 bridgehead atoms. The normalized spacial score (nSPS) is 36.2. The minimum atomic E-state index is -1.51. The molecule has 0 aromatic heterocycles. The highest BCUT2D eigenvalue weighted by molar-refractivity contribution is 6.36. The predicted octanol–water partition coefficient (Wildman–Crippen LogP) is -1.36. The van der Waals surface area contributed by atoms with Crippen LogP contribution in [0.5, 0.6) is 0 Å². The molecule has 0 aromatic rings. The van der Waals surface area contributed by atoms with Crippen LogP contribution in [0.3, 0.4) is 0 Å². The summed E-state index contributed by atoms with van der Waals surface area (Å²) >= 11 is 11.0. The van der Waals surface area contributed by atoms with Gasteiger partial charge in [-0.2, -0.15) is 0 Å². The molecule has 1 aliphatic heterocycles. The summed E-state index contributed by atoms with van der Waals surface area (Å²) in [5, 5.41) is 41.1. The van der Waals surface area contributed by atoms with Gasteiger partial charge in [-0.3, -0.25) is 0 Å². The highest BCUT2D eigenvalue weighted by Gasteiger charge is 2.44. The first-order valence-corrected chi connectivity index (χ1v) is 6.26. The molecule has 7 nitrogen and oxygen atoms in total. The fourth-order valence-electron chi connectivity index (χ4n) is 1.37. The second-order valence-corrected chi connectivity index (χ2v) is 4.26. The van der Waals surface area contributed by atoms with Gasteiger partial charge in [0, 0.05) is 0 Å². The lowest BCUT2D eigenvalue weighted by Gasteiger charge is -2.38. The SMILES string of the molecule is OC[C@H]1O[C@H](ON=C(CCl)CCl)[C@H](O)[C@@H](O)[C@H]1O. The van der Waals surface area contributed by atoms with Gasteiger partial charge in [-0.1, -0.05) is 5.16 Å². The molecule has 0 aromatic carbocycles. The highest BCUT2D eigenvalue weighted by atomic mass is 35.5. The fourth-order valence-corrected chi connectivity index (χ4v) is 1.75. The topological polar surface area (TPSA) is 112 Å². The van der Waals surface area contributed by atoms with Crippen molar-refractivity contribution in [2.24, 2.45) is 5.16 Å². The minimum absolute atomic E-state index is 0.0426. The van der Waals surface area contributed by atoms with Gasteiger partial charge < -0.3 is 30.0 Å². The Hall–Kier alpha value is -0.150. The van der Waals surface area contributed by atoms with Gasteiger partial charge in [-0.25, -0.2) is 0 Å². The molecule has 0 spiro atoms.